The maximum Gasteiger partial charge on any atom is 0.0673 e. The van der Waals surface area contributed by atoms with Gasteiger partial charge in [0.1, 0.15) is 0 Å². The molecule has 10 aromatic rings. The lowest BCUT2D eigenvalue weighted by Crippen LogP contribution is -2.23. The van der Waals surface area contributed by atoms with Gasteiger partial charge in [-0.3, -0.25) is 4.99 Å². The van der Waals surface area contributed by atoms with Gasteiger partial charge in [-0.2, -0.15) is 0 Å². The lowest BCUT2D eigenvalue weighted by Gasteiger charge is -2.23. The van der Waals surface area contributed by atoms with Crippen molar-refractivity contribution in [3.05, 3.63) is 223 Å². The Hall–Kier alpha value is -7.11. The SMILES string of the molecule is C=N/C(=C\C(NCC1=CCC(n2c3ccc(-c4ccccc4)cc3c3c4sc5ccc(-c6ccccc6)cc5c4c4ccccc4c32)C=C1)c1ccccc1)c1ccccc1. The summed E-state index contributed by atoms with van der Waals surface area (Å²) in [6.45, 7) is 4.65. The molecule has 0 fully saturated rings. The number of hydrogen-bond donors (Lipinski definition) is 1. The molecule has 292 valence electrons. The highest BCUT2D eigenvalue weighted by molar-refractivity contribution is 7.27. The van der Waals surface area contributed by atoms with Crippen molar-refractivity contribution < 1.29 is 0 Å². The van der Waals surface area contributed by atoms with Gasteiger partial charge in [-0.25, -0.2) is 0 Å². The van der Waals surface area contributed by atoms with E-state index in [9.17, 15) is 0 Å². The highest BCUT2D eigenvalue weighted by Crippen LogP contribution is 2.49. The second-order valence-electron chi connectivity index (χ2n) is 15.9. The summed E-state index contributed by atoms with van der Waals surface area (Å²) >= 11 is 1.93. The third kappa shape index (κ3) is 6.71. The van der Waals surface area contributed by atoms with Gasteiger partial charge in [0, 0.05) is 48.4 Å². The van der Waals surface area contributed by atoms with E-state index in [0.29, 0.717) is 0 Å². The standard InChI is InChI=1S/C57H43N3S/c1-58-50(41-20-10-4-11-21-41)36-51(42-22-12-5-13-23-42)59-37-38-26-30-45(31-27-38)60-52-32-28-43(39-16-6-2-7-17-39)34-48(52)55-56(60)47-25-15-14-24-46(47)54-49-35-44(40-18-8-3-9-19-40)29-33-53(49)61-57(54)55/h2-30,32-36,45,51,59H,1,31,37H2/b50-36-. The van der Waals surface area contributed by atoms with Gasteiger partial charge in [0.15, 0.2) is 0 Å². The normalized spacial score (nSPS) is 14.9. The molecule has 0 saturated carbocycles. The molecule has 1 aliphatic carbocycles. The Morgan fingerprint density at radius 3 is 1.95 bits per heavy atom. The third-order valence-electron chi connectivity index (χ3n) is 12.3. The van der Waals surface area contributed by atoms with E-state index in [1.807, 2.05) is 29.5 Å². The van der Waals surface area contributed by atoms with Gasteiger partial charge >= 0.3 is 0 Å². The van der Waals surface area contributed by atoms with E-state index in [4.69, 9.17) is 0 Å². The Morgan fingerprint density at radius 2 is 1.28 bits per heavy atom. The van der Waals surface area contributed by atoms with Crippen molar-refractivity contribution in [1.82, 2.24) is 9.88 Å². The molecule has 2 unspecified atom stereocenters. The summed E-state index contributed by atoms with van der Waals surface area (Å²) in [5, 5.41) is 11.8. The first kappa shape index (κ1) is 36.9. The zero-order valence-electron chi connectivity index (χ0n) is 33.7. The average molecular weight is 802 g/mol. The maximum atomic E-state index is 4.44. The predicted octanol–water partition coefficient (Wildman–Crippen LogP) is 15.1. The van der Waals surface area contributed by atoms with Crippen molar-refractivity contribution in [2.45, 2.75) is 18.5 Å². The molecule has 3 nitrogen and oxygen atoms in total. The molecule has 1 N–H and O–H groups in total. The highest BCUT2D eigenvalue weighted by atomic mass is 32.1. The number of nitrogens with zero attached hydrogens (tertiary/aromatic N) is 2. The number of aromatic nitrogens is 1. The van der Waals surface area contributed by atoms with E-state index in [-0.39, 0.29) is 12.1 Å². The number of rotatable bonds is 10. The molecule has 11 rings (SSSR count). The first-order valence-electron chi connectivity index (χ1n) is 21.1. The fourth-order valence-electron chi connectivity index (χ4n) is 9.37. The molecular formula is C57H43N3S. The fraction of sp³-hybridized carbons (Fsp3) is 0.0702. The molecule has 0 radical (unpaired) electrons. The van der Waals surface area contributed by atoms with Crippen LogP contribution in [0.4, 0.5) is 0 Å². The van der Waals surface area contributed by atoms with E-state index in [1.54, 1.807) is 0 Å². The van der Waals surface area contributed by atoms with Crippen LogP contribution in [0.2, 0.25) is 0 Å². The fourth-order valence-corrected chi connectivity index (χ4v) is 10.6. The smallest absolute Gasteiger partial charge is 0.0673 e. The Labute approximate surface area is 360 Å². The highest BCUT2D eigenvalue weighted by Gasteiger charge is 2.25. The van der Waals surface area contributed by atoms with Crippen LogP contribution in [0, 0.1) is 0 Å². The monoisotopic (exact) mass is 801 g/mol. The van der Waals surface area contributed by atoms with E-state index >= 15 is 0 Å². The summed E-state index contributed by atoms with van der Waals surface area (Å²) in [5.41, 5.74) is 11.9. The van der Waals surface area contributed by atoms with Crippen LogP contribution >= 0.6 is 11.3 Å². The van der Waals surface area contributed by atoms with Crippen LogP contribution in [0.25, 0.3) is 80.7 Å². The summed E-state index contributed by atoms with van der Waals surface area (Å²) in [6, 6.07) is 65.8. The molecule has 8 aromatic carbocycles. The van der Waals surface area contributed by atoms with Crippen LogP contribution in [0.3, 0.4) is 0 Å². The van der Waals surface area contributed by atoms with Crippen molar-refractivity contribution in [3.63, 3.8) is 0 Å². The summed E-state index contributed by atoms with van der Waals surface area (Å²) < 4.78 is 5.30. The van der Waals surface area contributed by atoms with Crippen LogP contribution in [0.15, 0.2) is 217 Å². The number of thiophene rings is 1. The van der Waals surface area contributed by atoms with Crippen LogP contribution in [-0.4, -0.2) is 17.8 Å². The molecule has 0 saturated heterocycles. The molecule has 4 heteroatoms. The second kappa shape index (κ2) is 15.8. The van der Waals surface area contributed by atoms with E-state index in [0.717, 1.165) is 24.2 Å². The summed E-state index contributed by atoms with van der Waals surface area (Å²) in [7, 11) is 0. The minimum Gasteiger partial charge on any atom is -0.333 e. The molecule has 0 aliphatic heterocycles. The zero-order valence-corrected chi connectivity index (χ0v) is 34.5. The van der Waals surface area contributed by atoms with Crippen molar-refractivity contribution in [1.29, 1.82) is 0 Å². The minimum absolute atomic E-state index is 0.0380. The Bertz CT molecular complexity index is 3340. The van der Waals surface area contributed by atoms with Crippen LogP contribution in [0.5, 0.6) is 0 Å². The largest absolute Gasteiger partial charge is 0.333 e. The molecule has 0 amide bonds. The zero-order chi connectivity index (χ0) is 40.7. The van der Waals surface area contributed by atoms with Crippen molar-refractivity contribution in [3.8, 4) is 22.3 Å². The van der Waals surface area contributed by atoms with Gasteiger partial charge in [-0.15, -0.1) is 11.3 Å². The van der Waals surface area contributed by atoms with E-state index in [1.165, 1.54) is 86.1 Å². The molecular weight excluding hydrogens is 759 g/mol. The third-order valence-corrected chi connectivity index (χ3v) is 13.5. The molecule has 2 heterocycles. The topological polar surface area (TPSA) is 29.3 Å². The Balaban J connectivity index is 1.03. The molecule has 0 bridgehead atoms. The quantitative estimate of drug-likeness (QED) is 0.137. The number of aliphatic imine (C=N–C) groups is 1. The number of benzene rings is 8. The average Bonchev–Trinajstić information content (AvgIpc) is 3.89. The van der Waals surface area contributed by atoms with Gasteiger partial charge < -0.3 is 9.88 Å². The number of nitrogens with one attached hydrogen (secondary N) is 1. The molecule has 1 aliphatic rings. The summed E-state index contributed by atoms with van der Waals surface area (Å²) in [4.78, 5) is 4.44. The Morgan fingerprint density at radius 1 is 0.656 bits per heavy atom. The molecule has 2 atom stereocenters. The van der Waals surface area contributed by atoms with Gasteiger partial charge in [-0.1, -0.05) is 176 Å². The number of hydrogen-bond acceptors (Lipinski definition) is 3. The maximum absolute atomic E-state index is 4.44. The van der Waals surface area contributed by atoms with Crippen molar-refractivity contribution in [2.24, 2.45) is 4.99 Å². The minimum atomic E-state index is -0.0380. The van der Waals surface area contributed by atoms with Crippen molar-refractivity contribution in [2.75, 3.05) is 6.54 Å². The first-order chi connectivity index (χ1) is 30.2. The van der Waals surface area contributed by atoms with Crippen LogP contribution in [-0.2, 0) is 0 Å². The predicted molar refractivity (Wildman–Crippen MR) is 263 cm³/mol. The van der Waals surface area contributed by atoms with E-state index < -0.39 is 0 Å². The second-order valence-corrected chi connectivity index (χ2v) is 17.0. The summed E-state index contributed by atoms with van der Waals surface area (Å²) in [5.74, 6) is 0. The van der Waals surface area contributed by atoms with Gasteiger partial charge in [-0.05, 0) is 87.8 Å². The van der Waals surface area contributed by atoms with E-state index in [2.05, 4.69) is 210 Å². The number of fused-ring (bicyclic) bond motifs is 10. The summed E-state index contributed by atoms with van der Waals surface area (Å²) in [6.07, 6.45) is 10.3. The molecule has 0 spiro atoms. The van der Waals surface area contributed by atoms with Crippen LogP contribution < -0.4 is 5.32 Å². The van der Waals surface area contributed by atoms with Crippen molar-refractivity contribution >= 4 is 76.5 Å². The van der Waals surface area contributed by atoms with Gasteiger partial charge in [0.25, 0.3) is 0 Å². The number of allylic oxidation sites excluding steroid dienone is 2. The Kier molecular flexibility index (Phi) is 9.58. The van der Waals surface area contributed by atoms with Gasteiger partial charge in [0.05, 0.1) is 23.3 Å². The molecule has 2 aromatic heterocycles. The lowest BCUT2D eigenvalue weighted by molar-refractivity contribution is 0.628. The lowest BCUT2D eigenvalue weighted by atomic mass is 9.97. The van der Waals surface area contributed by atoms with Gasteiger partial charge in [0.2, 0.25) is 0 Å². The molecule has 61 heavy (non-hydrogen) atoms. The first-order valence-corrected chi connectivity index (χ1v) is 21.9. The van der Waals surface area contributed by atoms with Crippen LogP contribution in [0.1, 0.15) is 29.6 Å².